The summed E-state index contributed by atoms with van der Waals surface area (Å²) in [7, 11) is 0. The third-order valence-corrected chi connectivity index (χ3v) is 0.500. The van der Waals surface area contributed by atoms with Crippen molar-refractivity contribution in [1.29, 1.82) is 0 Å². The Morgan fingerprint density at radius 2 is 2.25 bits per heavy atom. The molecular formula is C3H6S. The third-order valence-electron chi connectivity index (χ3n) is 0.167. The molecule has 0 aliphatic carbocycles. The summed E-state index contributed by atoms with van der Waals surface area (Å²) in [5, 5.41) is 1.79. The highest BCUT2D eigenvalue weighted by Crippen LogP contribution is 1.85. The topological polar surface area (TPSA) is 0 Å². The Hall–Kier alpha value is 0.0900. The zero-order valence-electron chi connectivity index (χ0n) is 2.69. The Morgan fingerprint density at radius 1 is 2.00 bits per heavy atom. The van der Waals surface area contributed by atoms with Crippen LogP contribution < -0.4 is 0 Å². The van der Waals surface area contributed by atoms with Crippen LogP contribution in [-0.4, -0.2) is 6.26 Å². The molecule has 0 aromatic heterocycles. The molecule has 0 aromatic carbocycles. The second kappa shape index (κ2) is 3.09. The molecule has 1 heteroatoms. The van der Waals surface area contributed by atoms with Crippen molar-refractivity contribution in [3.05, 3.63) is 12.0 Å². The van der Waals surface area contributed by atoms with E-state index >= 15 is 0 Å². The van der Waals surface area contributed by atoms with E-state index in [1.807, 2.05) is 6.26 Å². The van der Waals surface area contributed by atoms with Crippen LogP contribution in [0.15, 0.2) is 12.0 Å². The van der Waals surface area contributed by atoms with Gasteiger partial charge in [-0.05, 0) is 11.7 Å². The van der Waals surface area contributed by atoms with Crippen LogP contribution in [0, 0.1) is 0 Å². The lowest BCUT2D eigenvalue weighted by Gasteiger charge is -1.59. The summed E-state index contributed by atoms with van der Waals surface area (Å²) in [6.45, 7) is 3.44. The molecule has 0 saturated heterocycles. The van der Waals surface area contributed by atoms with Gasteiger partial charge < -0.3 is 0 Å². The summed E-state index contributed by atoms with van der Waals surface area (Å²) in [5.74, 6) is 0. The van der Waals surface area contributed by atoms with Crippen molar-refractivity contribution in [1.82, 2.24) is 0 Å². The van der Waals surface area contributed by atoms with Crippen LogP contribution in [0.5, 0.6) is 0 Å². The maximum absolute atomic E-state index is 3.44. The van der Waals surface area contributed by atoms with Crippen molar-refractivity contribution in [3.63, 3.8) is 0 Å². The van der Waals surface area contributed by atoms with E-state index < -0.39 is 0 Å². The van der Waals surface area contributed by atoms with Gasteiger partial charge in [0.2, 0.25) is 0 Å². The monoisotopic (exact) mass is 74.0 g/mol. The van der Waals surface area contributed by atoms with Crippen LogP contribution in [0.3, 0.4) is 0 Å². The predicted molar refractivity (Wildman–Crippen MR) is 23.7 cm³/mol. The maximum Gasteiger partial charge on any atom is -0.0142 e. The summed E-state index contributed by atoms with van der Waals surface area (Å²) in [5.41, 5.74) is 0. The standard InChI is InChI=1S/C3H6S/c1-3-4-2/h3H,1H2,2H3. The summed E-state index contributed by atoms with van der Waals surface area (Å²) >= 11 is 1.62. The van der Waals surface area contributed by atoms with Crippen LogP contribution in [0.2, 0.25) is 0 Å². The SMILES string of the molecule is C=CSC. The van der Waals surface area contributed by atoms with Crippen molar-refractivity contribution in [2.24, 2.45) is 0 Å². The first-order valence-corrected chi connectivity index (χ1v) is 2.34. The maximum atomic E-state index is 3.44. The molecule has 0 bridgehead atoms. The number of hydrogen-bond acceptors (Lipinski definition) is 1. The quantitative estimate of drug-likeness (QED) is 0.454. The van der Waals surface area contributed by atoms with E-state index in [4.69, 9.17) is 0 Å². The normalized spacial score (nSPS) is 6.25. The van der Waals surface area contributed by atoms with E-state index in [-0.39, 0.29) is 0 Å². The first kappa shape index (κ1) is 4.09. The van der Waals surface area contributed by atoms with Gasteiger partial charge in [-0.15, -0.1) is 11.8 Å². The highest BCUT2D eigenvalue weighted by atomic mass is 32.2. The lowest BCUT2D eigenvalue weighted by Crippen LogP contribution is -1.25. The Morgan fingerprint density at radius 3 is 2.25 bits per heavy atom. The molecule has 0 aliphatic heterocycles. The molecule has 0 saturated carbocycles. The number of thioether (sulfide) groups is 1. The molecule has 0 fully saturated rings. The van der Waals surface area contributed by atoms with E-state index in [0.29, 0.717) is 0 Å². The minimum atomic E-state index is 1.62. The minimum absolute atomic E-state index is 1.62. The average Bonchev–Trinajstić information content (AvgIpc) is 1.37. The summed E-state index contributed by atoms with van der Waals surface area (Å²) in [6.07, 6.45) is 1.98. The molecule has 0 amide bonds. The molecule has 0 heterocycles. The average molecular weight is 74.1 g/mol. The smallest absolute Gasteiger partial charge is 0.0142 e. The van der Waals surface area contributed by atoms with Gasteiger partial charge in [0.25, 0.3) is 0 Å². The second-order valence-electron chi connectivity index (χ2n) is 0.402. The van der Waals surface area contributed by atoms with Gasteiger partial charge in [0.05, 0.1) is 0 Å². The first-order valence-electron chi connectivity index (χ1n) is 1.05. The lowest BCUT2D eigenvalue weighted by molar-refractivity contribution is 2.46. The van der Waals surface area contributed by atoms with Crippen molar-refractivity contribution in [3.8, 4) is 0 Å². The van der Waals surface area contributed by atoms with E-state index in [0.717, 1.165) is 0 Å². The first-order chi connectivity index (χ1) is 1.91. The molecular weight excluding hydrogens is 68.1 g/mol. The molecule has 0 radical (unpaired) electrons. The van der Waals surface area contributed by atoms with E-state index in [1.54, 1.807) is 17.2 Å². The van der Waals surface area contributed by atoms with E-state index in [9.17, 15) is 0 Å². The minimum Gasteiger partial charge on any atom is -0.138 e. The molecule has 0 rings (SSSR count). The van der Waals surface area contributed by atoms with Crippen molar-refractivity contribution >= 4 is 11.8 Å². The molecule has 0 unspecified atom stereocenters. The van der Waals surface area contributed by atoms with Crippen LogP contribution in [-0.2, 0) is 0 Å². The lowest BCUT2D eigenvalue weighted by atomic mass is 11.3. The van der Waals surface area contributed by atoms with E-state index in [2.05, 4.69) is 6.58 Å². The predicted octanol–water partition coefficient (Wildman–Crippen LogP) is 1.49. The largest absolute Gasteiger partial charge is 0.138 e. The summed E-state index contributed by atoms with van der Waals surface area (Å²) < 4.78 is 0. The van der Waals surface area contributed by atoms with Crippen LogP contribution in [0.25, 0.3) is 0 Å². The molecule has 0 aromatic rings. The van der Waals surface area contributed by atoms with Gasteiger partial charge in [0.1, 0.15) is 0 Å². The third kappa shape index (κ3) is 2.09. The number of hydrogen-bond donors (Lipinski definition) is 0. The van der Waals surface area contributed by atoms with Gasteiger partial charge in [-0.1, -0.05) is 6.58 Å². The fraction of sp³-hybridized carbons (Fsp3) is 0.333. The van der Waals surface area contributed by atoms with E-state index in [1.165, 1.54) is 0 Å². The van der Waals surface area contributed by atoms with Gasteiger partial charge >= 0.3 is 0 Å². The van der Waals surface area contributed by atoms with Gasteiger partial charge in [-0.3, -0.25) is 0 Å². The Bertz CT molecular complexity index is 17.2. The zero-order chi connectivity index (χ0) is 3.41. The van der Waals surface area contributed by atoms with Gasteiger partial charge in [-0.25, -0.2) is 0 Å². The highest BCUT2D eigenvalue weighted by Gasteiger charge is 1.43. The van der Waals surface area contributed by atoms with Crippen molar-refractivity contribution < 1.29 is 0 Å². The molecule has 0 spiro atoms. The summed E-state index contributed by atoms with van der Waals surface area (Å²) in [4.78, 5) is 0. The van der Waals surface area contributed by atoms with Crippen LogP contribution in [0.4, 0.5) is 0 Å². The Balaban J connectivity index is 2.30. The van der Waals surface area contributed by atoms with Crippen molar-refractivity contribution in [2.75, 3.05) is 6.26 Å². The van der Waals surface area contributed by atoms with Crippen LogP contribution in [0.1, 0.15) is 0 Å². The summed E-state index contributed by atoms with van der Waals surface area (Å²) in [6, 6.07) is 0. The molecule has 0 aliphatic rings. The molecule has 4 heavy (non-hydrogen) atoms. The fourth-order valence-electron chi connectivity index (χ4n) is 0. The molecule has 0 atom stereocenters. The highest BCUT2D eigenvalue weighted by molar-refractivity contribution is 8.01. The Labute approximate surface area is 30.9 Å². The zero-order valence-corrected chi connectivity index (χ0v) is 3.51. The molecule has 0 nitrogen and oxygen atoms in total. The second-order valence-corrected chi connectivity index (χ2v) is 1.21. The van der Waals surface area contributed by atoms with Crippen LogP contribution >= 0.6 is 11.8 Å². The molecule has 0 N–H and O–H groups in total. The van der Waals surface area contributed by atoms with Gasteiger partial charge in [0.15, 0.2) is 0 Å². The number of rotatable bonds is 1. The molecule has 24 valence electrons. The fourth-order valence-corrected chi connectivity index (χ4v) is 0. The van der Waals surface area contributed by atoms with Gasteiger partial charge in [0, 0.05) is 0 Å². The van der Waals surface area contributed by atoms with Crippen molar-refractivity contribution in [2.45, 2.75) is 0 Å². The Kier molecular flexibility index (Phi) is 3.16. The van der Waals surface area contributed by atoms with Gasteiger partial charge in [-0.2, -0.15) is 0 Å².